The van der Waals surface area contributed by atoms with Crippen molar-refractivity contribution in [3.05, 3.63) is 64.2 Å². The van der Waals surface area contributed by atoms with E-state index in [9.17, 15) is 18.9 Å². The van der Waals surface area contributed by atoms with E-state index < -0.39 is 11.3 Å². The topological polar surface area (TPSA) is 86.1 Å². The zero-order chi connectivity index (χ0) is 20.3. The summed E-state index contributed by atoms with van der Waals surface area (Å²) in [5.41, 5.74) is 0.216. The normalized spacial score (nSPS) is 11.4. The van der Waals surface area contributed by atoms with Gasteiger partial charge in [-0.1, -0.05) is 26.0 Å². The van der Waals surface area contributed by atoms with E-state index in [4.69, 9.17) is 4.42 Å². The Labute approximate surface area is 160 Å². The van der Waals surface area contributed by atoms with E-state index in [-0.39, 0.29) is 29.5 Å². The second-order valence-electron chi connectivity index (χ2n) is 6.74. The molecular formula is C19H20F2N4O3. The number of benzene rings is 1. The van der Waals surface area contributed by atoms with Crippen molar-refractivity contribution in [2.24, 2.45) is 5.92 Å². The molecule has 3 rings (SSSR count). The van der Waals surface area contributed by atoms with E-state index >= 15 is 0 Å². The molecule has 3 aromatic rings. The lowest BCUT2D eigenvalue weighted by molar-refractivity contribution is -0.384. The number of hydrogen-bond donors (Lipinski definition) is 1. The van der Waals surface area contributed by atoms with Gasteiger partial charge in [-0.2, -0.15) is 5.10 Å². The van der Waals surface area contributed by atoms with Crippen LogP contribution in [0.1, 0.15) is 31.7 Å². The van der Waals surface area contributed by atoms with Crippen LogP contribution in [0.15, 0.2) is 47.0 Å². The van der Waals surface area contributed by atoms with E-state index in [1.165, 1.54) is 10.7 Å². The highest BCUT2D eigenvalue weighted by atomic mass is 19.3. The van der Waals surface area contributed by atoms with Crippen LogP contribution in [0.2, 0.25) is 0 Å². The molecule has 0 aliphatic rings. The summed E-state index contributed by atoms with van der Waals surface area (Å²) in [6, 6.07) is 9.52. The first kappa shape index (κ1) is 19.5. The molecule has 0 saturated heterocycles. The third-order valence-electron chi connectivity index (χ3n) is 4.03. The third-order valence-corrected chi connectivity index (χ3v) is 4.03. The molecule has 28 heavy (non-hydrogen) atoms. The van der Waals surface area contributed by atoms with Crippen molar-refractivity contribution in [3.8, 4) is 11.3 Å². The highest BCUT2D eigenvalue weighted by Crippen LogP contribution is 2.31. The molecule has 148 valence electrons. The minimum Gasteiger partial charge on any atom is -0.459 e. The monoisotopic (exact) mass is 390 g/mol. The summed E-state index contributed by atoms with van der Waals surface area (Å²) in [6.45, 7) is 4.63. The summed E-state index contributed by atoms with van der Waals surface area (Å²) < 4.78 is 33.7. The first-order valence-electron chi connectivity index (χ1n) is 8.77. The maximum atomic E-state index is 13.2. The van der Waals surface area contributed by atoms with Crippen LogP contribution in [0, 0.1) is 16.0 Å². The smallest absolute Gasteiger partial charge is 0.284 e. The standard InChI is InChI=1S/C19H20F2N4O3/c1-12(2)10-24-11-15(18(23-24)19(20)21)22-9-13-7-8-17(28-13)14-5-3-4-6-16(14)25(26)27/h3-8,11-12,19,22H,9-10H2,1-2H3. The Balaban J connectivity index is 1.77. The van der Waals surface area contributed by atoms with Crippen molar-refractivity contribution in [1.82, 2.24) is 9.78 Å². The van der Waals surface area contributed by atoms with E-state index in [0.717, 1.165) is 0 Å². The van der Waals surface area contributed by atoms with Crippen molar-refractivity contribution in [2.75, 3.05) is 5.32 Å². The van der Waals surface area contributed by atoms with E-state index in [0.29, 0.717) is 23.6 Å². The highest BCUT2D eigenvalue weighted by Gasteiger charge is 2.20. The van der Waals surface area contributed by atoms with Gasteiger partial charge in [-0.3, -0.25) is 14.8 Å². The lowest BCUT2D eigenvalue weighted by atomic mass is 10.1. The van der Waals surface area contributed by atoms with Gasteiger partial charge in [-0.05, 0) is 24.1 Å². The highest BCUT2D eigenvalue weighted by molar-refractivity contribution is 5.69. The summed E-state index contributed by atoms with van der Waals surface area (Å²) in [5.74, 6) is 1.08. The number of hydrogen-bond acceptors (Lipinski definition) is 5. The predicted molar refractivity (Wildman–Crippen MR) is 100 cm³/mol. The number of nitro groups is 1. The Morgan fingerprint density at radius 3 is 2.68 bits per heavy atom. The maximum absolute atomic E-state index is 13.2. The van der Waals surface area contributed by atoms with E-state index in [1.54, 1.807) is 36.5 Å². The quantitative estimate of drug-likeness (QED) is 0.419. The molecule has 0 saturated carbocycles. The molecule has 0 radical (unpaired) electrons. The molecule has 1 aromatic carbocycles. The van der Waals surface area contributed by atoms with Crippen molar-refractivity contribution in [2.45, 2.75) is 33.4 Å². The SMILES string of the molecule is CC(C)Cn1cc(NCc2ccc(-c3ccccc3[N+](=O)[O-])o2)c(C(F)F)n1. The van der Waals surface area contributed by atoms with Gasteiger partial charge >= 0.3 is 0 Å². The van der Waals surface area contributed by atoms with Crippen molar-refractivity contribution in [1.29, 1.82) is 0 Å². The third kappa shape index (κ3) is 4.36. The van der Waals surface area contributed by atoms with Gasteiger partial charge in [0.1, 0.15) is 11.5 Å². The van der Waals surface area contributed by atoms with Gasteiger partial charge < -0.3 is 9.73 Å². The van der Waals surface area contributed by atoms with Gasteiger partial charge in [0.2, 0.25) is 0 Å². The lowest BCUT2D eigenvalue weighted by Crippen LogP contribution is -2.05. The first-order valence-corrected chi connectivity index (χ1v) is 8.77. The minimum atomic E-state index is -2.70. The Kier molecular flexibility index (Phi) is 5.72. The number of nitrogens with one attached hydrogen (secondary N) is 1. The van der Waals surface area contributed by atoms with E-state index in [2.05, 4.69) is 10.4 Å². The number of nitrogens with zero attached hydrogens (tertiary/aromatic N) is 3. The number of para-hydroxylation sites is 1. The Morgan fingerprint density at radius 1 is 1.25 bits per heavy atom. The van der Waals surface area contributed by atoms with Gasteiger partial charge in [0.15, 0.2) is 5.69 Å². The summed E-state index contributed by atoms with van der Waals surface area (Å²) in [7, 11) is 0. The summed E-state index contributed by atoms with van der Waals surface area (Å²) in [5, 5.41) is 18.0. The van der Waals surface area contributed by atoms with Crippen LogP contribution in [0.4, 0.5) is 20.2 Å². The molecule has 7 nitrogen and oxygen atoms in total. The molecule has 2 heterocycles. The number of aromatic nitrogens is 2. The van der Waals surface area contributed by atoms with Gasteiger partial charge in [0.05, 0.1) is 22.7 Å². The van der Waals surface area contributed by atoms with Crippen LogP contribution < -0.4 is 5.32 Å². The fourth-order valence-electron chi connectivity index (χ4n) is 2.84. The van der Waals surface area contributed by atoms with Crippen LogP contribution >= 0.6 is 0 Å². The number of alkyl halides is 2. The van der Waals surface area contributed by atoms with Crippen molar-refractivity contribution >= 4 is 11.4 Å². The number of furan rings is 1. The van der Waals surface area contributed by atoms with Crippen LogP contribution in [0.3, 0.4) is 0 Å². The molecule has 0 aliphatic heterocycles. The van der Waals surface area contributed by atoms with Crippen LogP contribution in [0.5, 0.6) is 0 Å². The molecule has 0 spiro atoms. The van der Waals surface area contributed by atoms with Crippen molar-refractivity contribution in [3.63, 3.8) is 0 Å². The lowest BCUT2D eigenvalue weighted by Gasteiger charge is -2.04. The summed E-state index contributed by atoms with van der Waals surface area (Å²) in [6.07, 6.45) is -1.15. The summed E-state index contributed by atoms with van der Waals surface area (Å²) >= 11 is 0. The summed E-state index contributed by atoms with van der Waals surface area (Å²) in [4.78, 5) is 10.7. The number of rotatable bonds is 8. The number of nitro benzene ring substituents is 1. The zero-order valence-electron chi connectivity index (χ0n) is 15.4. The Hall–Kier alpha value is -3.23. The molecule has 0 unspecified atom stereocenters. The first-order chi connectivity index (χ1) is 13.3. The molecule has 0 aliphatic carbocycles. The molecule has 2 aromatic heterocycles. The zero-order valence-corrected chi connectivity index (χ0v) is 15.4. The molecule has 0 bridgehead atoms. The van der Waals surface area contributed by atoms with E-state index in [1.807, 2.05) is 13.8 Å². The van der Waals surface area contributed by atoms with Crippen molar-refractivity contribution < 1.29 is 18.1 Å². The van der Waals surface area contributed by atoms with Crippen LogP contribution in [-0.4, -0.2) is 14.7 Å². The molecular weight excluding hydrogens is 370 g/mol. The largest absolute Gasteiger partial charge is 0.459 e. The molecule has 0 atom stereocenters. The van der Waals surface area contributed by atoms with Crippen LogP contribution in [-0.2, 0) is 13.1 Å². The van der Waals surface area contributed by atoms with Crippen LogP contribution in [0.25, 0.3) is 11.3 Å². The maximum Gasteiger partial charge on any atom is 0.284 e. The second kappa shape index (κ2) is 8.20. The molecule has 1 N–H and O–H groups in total. The Morgan fingerprint density at radius 2 is 2.00 bits per heavy atom. The molecule has 9 heteroatoms. The molecule has 0 fully saturated rings. The van der Waals surface area contributed by atoms with Gasteiger partial charge in [-0.25, -0.2) is 8.78 Å². The fourth-order valence-corrected chi connectivity index (χ4v) is 2.84. The van der Waals surface area contributed by atoms with Gasteiger partial charge in [0, 0.05) is 18.8 Å². The number of anilines is 1. The predicted octanol–water partition coefficient (Wildman–Crippen LogP) is 5.26. The Bertz CT molecular complexity index is 966. The number of halogens is 2. The average Bonchev–Trinajstić information content (AvgIpc) is 3.26. The fraction of sp³-hybridized carbons (Fsp3) is 0.316. The van der Waals surface area contributed by atoms with Gasteiger partial charge in [-0.15, -0.1) is 0 Å². The second-order valence-corrected chi connectivity index (χ2v) is 6.74. The average molecular weight is 390 g/mol. The minimum absolute atomic E-state index is 0.0636. The molecule has 0 amide bonds. The van der Waals surface area contributed by atoms with Gasteiger partial charge in [0.25, 0.3) is 12.1 Å².